The molecule has 3 nitrogen and oxygen atoms in total. The average molecular weight is 357 g/mol. The Balaban J connectivity index is 1.51. The molecule has 0 radical (unpaired) electrons. The van der Waals surface area contributed by atoms with Crippen LogP contribution in [-0.4, -0.2) is 5.97 Å². The van der Waals surface area contributed by atoms with Gasteiger partial charge >= 0.3 is 5.97 Å². The first kappa shape index (κ1) is 17.5. The van der Waals surface area contributed by atoms with Crippen LogP contribution in [0, 0.1) is 28.1 Å². The van der Waals surface area contributed by atoms with Gasteiger partial charge in [0.1, 0.15) is 5.75 Å². The summed E-state index contributed by atoms with van der Waals surface area (Å²) in [5, 5.41) is 8.90. The van der Waals surface area contributed by atoms with Crippen molar-refractivity contribution in [3.63, 3.8) is 0 Å². The van der Waals surface area contributed by atoms with E-state index in [-0.39, 0.29) is 11.4 Å². The highest BCUT2D eigenvalue weighted by Crippen LogP contribution is 2.65. The molecule has 2 unspecified atom stereocenters. The second kappa shape index (κ2) is 6.09. The first-order valence-corrected chi connectivity index (χ1v) is 9.39. The summed E-state index contributed by atoms with van der Waals surface area (Å²) in [6.07, 6.45) is 2.78. The lowest BCUT2D eigenvalue weighted by Gasteiger charge is -2.36. The summed E-state index contributed by atoms with van der Waals surface area (Å²) < 4.78 is 5.77. The van der Waals surface area contributed by atoms with Crippen LogP contribution >= 0.6 is 0 Å². The van der Waals surface area contributed by atoms with Gasteiger partial charge in [-0.25, -0.2) is 0 Å². The number of carbonyl (C=O) groups excluding carboxylic acids is 1. The zero-order valence-electron chi connectivity index (χ0n) is 15.8. The molecular formula is C24H23NO2. The largest absolute Gasteiger partial charge is 0.426 e. The van der Waals surface area contributed by atoms with Crippen LogP contribution in [0.5, 0.6) is 5.75 Å². The molecule has 0 aromatic heterocycles. The lowest BCUT2D eigenvalue weighted by atomic mass is 9.68. The zero-order chi connectivity index (χ0) is 19.2. The fraction of sp³-hybridized carbons (Fsp3) is 0.333. The van der Waals surface area contributed by atoms with E-state index in [1.807, 2.05) is 36.4 Å². The van der Waals surface area contributed by atoms with Crippen LogP contribution in [0.2, 0.25) is 0 Å². The van der Waals surface area contributed by atoms with Gasteiger partial charge in [-0.05, 0) is 66.0 Å². The maximum atomic E-state index is 13.0. The SMILES string of the molecule is C=C1C2(C(=O)Oc3ccc(-c4ccc(C#N)cc4)cc3)CCC(C2)C1(C)C. The van der Waals surface area contributed by atoms with Gasteiger partial charge in [0, 0.05) is 0 Å². The quantitative estimate of drug-likeness (QED) is 0.413. The van der Waals surface area contributed by atoms with Gasteiger partial charge in [0.15, 0.2) is 0 Å². The van der Waals surface area contributed by atoms with Crippen molar-refractivity contribution in [2.24, 2.45) is 16.7 Å². The lowest BCUT2D eigenvalue weighted by molar-refractivity contribution is -0.143. The van der Waals surface area contributed by atoms with Crippen molar-refractivity contribution >= 4 is 5.97 Å². The Labute approximate surface area is 160 Å². The molecule has 2 atom stereocenters. The van der Waals surface area contributed by atoms with Crippen molar-refractivity contribution in [3.8, 4) is 22.9 Å². The van der Waals surface area contributed by atoms with Crippen molar-refractivity contribution in [2.45, 2.75) is 33.1 Å². The third-order valence-electron chi connectivity index (χ3n) is 6.69. The molecule has 4 rings (SSSR count). The smallest absolute Gasteiger partial charge is 0.321 e. The maximum Gasteiger partial charge on any atom is 0.321 e. The number of ether oxygens (including phenoxy) is 1. The van der Waals surface area contributed by atoms with Crippen molar-refractivity contribution in [1.29, 1.82) is 5.26 Å². The molecule has 0 saturated heterocycles. The van der Waals surface area contributed by atoms with E-state index >= 15 is 0 Å². The third-order valence-corrected chi connectivity index (χ3v) is 6.69. The first-order chi connectivity index (χ1) is 12.9. The highest BCUT2D eigenvalue weighted by Gasteiger charge is 2.61. The average Bonchev–Trinajstić information content (AvgIpc) is 3.22. The minimum Gasteiger partial charge on any atom is -0.426 e. The van der Waals surface area contributed by atoms with Gasteiger partial charge < -0.3 is 4.74 Å². The molecule has 27 heavy (non-hydrogen) atoms. The summed E-state index contributed by atoms with van der Waals surface area (Å²) >= 11 is 0. The maximum absolute atomic E-state index is 13.0. The van der Waals surface area contributed by atoms with E-state index in [2.05, 4.69) is 26.5 Å². The molecular weight excluding hydrogens is 334 g/mol. The summed E-state index contributed by atoms with van der Waals surface area (Å²) in [6.45, 7) is 8.66. The number of hydrogen-bond donors (Lipinski definition) is 0. The summed E-state index contributed by atoms with van der Waals surface area (Å²) in [6, 6.07) is 17.1. The minimum absolute atomic E-state index is 0.0106. The van der Waals surface area contributed by atoms with Crippen LogP contribution in [0.15, 0.2) is 60.7 Å². The monoisotopic (exact) mass is 357 g/mol. The Kier molecular flexibility index (Phi) is 3.96. The minimum atomic E-state index is -0.514. The number of hydrogen-bond acceptors (Lipinski definition) is 3. The highest BCUT2D eigenvalue weighted by atomic mass is 16.5. The summed E-state index contributed by atoms with van der Waals surface area (Å²) in [5.41, 5.74) is 3.21. The third kappa shape index (κ3) is 2.68. The predicted octanol–water partition coefficient (Wildman–Crippen LogP) is 5.51. The van der Waals surface area contributed by atoms with Crippen LogP contribution in [0.4, 0.5) is 0 Å². The number of esters is 1. The second-order valence-corrected chi connectivity index (χ2v) is 8.33. The topological polar surface area (TPSA) is 50.1 Å². The van der Waals surface area contributed by atoms with Crippen molar-refractivity contribution in [2.75, 3.05) is 0 Å². The van der Waals surface area contributed by atoms with Gasteiger partial charge in [-0.15, -0.1) is 0 Å². The van der Waals surface area contributed by atoms with E-state index in [9.17, 15) is 4.79 Å². The number of benzene rings is 2. The number of fused-ring (bicyclic) bond motifs is 2. The molecule has 2 bridgehead atoms. The van der Waals surface area contributed by atoms with Crippen molar-refractivity contribution in [1.82, 2.24) is 0 Å². The molecule has 2 aromatic rings. The van der Waals surface area contributed by atoms with Crippen molar-refractivity contribution in [3.05, 3.63) is 66.2 Å². The second-order valence-electron chi connectivity index (χ2n) is 8.33. The fourth-order valence-electron chi connectivity index (χ4n) is 4.76. The molecule has 2 aliphatic rings. The zero-order valence-corrected chi connectivity index (χ0v) is 15.8. The molecule has 2 aromatic carbocycles. The normalized spacial score (nSPS) is 25.2. The molecule has 136 valence electrons. The molecule has 3 heteroatoms. The Morgan fingerprint density at radius 1 is 1.11 bits per heavy atom. The van der Waals surface area contributed by atoms with Crippen LogP contribution in [0.1, 0.15) is 38.7 Å². The molecule has 0 spiro atoms. The van der Waals surface area contributed by atoms with E-state index < -0.39 is 5.41 Å². The molecule has 2 saturated carbocycles. The Morgan fingerprint density at radius 2 is 1.70 bits per heavy atom. The number of nitrogens with zero attached hydrogens (tertiary/aromatic N) is 1. The van der Waals surface area contributed by atoms with Gasteiger partial charge in [-0.1, -0.05) is 50.3 Å². The van der Waals surface area contributed by atoms with Crippen molar-refractivity contribution < 1.29 is 9.53 Å². The van der Waals surface area contributed by atoms with Crippen LogP contribution < -0.4 is 4.74 Å². The molecule has 0 heterocycles. The van der Waals surface area contributed by atoms with E-state index in [4.69, 9.17) is 10.00 Å². The molecule has 2 fully saturated rings. The highest BCUT2D eigenvalue weighted by molar-refractivity contribution is 5.84. The summed E-state index contributed by atoms with van der Waals surface area (Å²) in [7, 11) is 0. The van der Waals surface area contributed by atoms with Crippen LogP contribution in [0.25, 0.3) is 11.1 Å². The molecule has 0 amide bonds. The van der Waals surface area contributed by atoms with Gasteiger partial charge in [0.05, 0.1) is 17.0 Å². The van der Waals surface area contributed by atoms with Gasteiger partial charge in [-0.2, -0.15) is 5.26 Å². The van der Waals surface area contributed by atoms with Gasteiger partial charge in [0.25, 0.3) is 0 Å². The van der Waals surface area contributed by atoms with Crippen LogP contribution in [-0.2, 0) is 4.79 Å². The van der Waals surface area contributed by atoms with E-state index in [0.29, 0.717) is 17.2 Å². The van der Waals surface area contributed by atoms with Crippen LogP contribution in [0.3, 0.4) is 0 Å². The number of carbonyl (C=O) groups is 1. The van der Waals surface area contributed by atoms with Gasteiger partial charge in [0.2, 0.25) is 0 Å². The van der Waals surface area contributed by atoms with E-state index in [1.165, 1.54) is 0 Å². The van der Waals surface area contributed by atoms with E-state index in [0.717, 1.165) is 36.0 Å². The number of rotatable bonds is 3. The van der Waals surface area contributed by atoms with Gasteiger partial charge in [-0.3, -0.25) is 4.79 Å². The van der Waals surface area contributed by atoms with E-state index in [1.54, 1.807) is 12.1 Å². The Hall–Kier alpha value is -2.86. The summed E-state index contributed by atoms with van der Waals surface area (Å²) in [5.74, 6) is 0.927. The Morgan fingerprint density at radius 3 is 2.22 bits per heavy atom. The fourth-order valence-corrected chi connectivity index (χ4v) is 4.76. The lowest BCUT2D eigenvalue weighted by Crippen LogP contribution is -2.36. The first-order valence-electron chi connectivity index (χ1n) is 9.39. The predicted molar refractivity (Wildman–Crippen MR) is 105 cm³/mol. The Bertz CT molecular complexity index is 947. The molecule has 2 aliphatic carbocycles. The number of nitriles is 1. The summed E-state index contributed by atoms with van der Waals surface area (Å²) in [4.78, 5) is 13.0. The molecule has 0 N–H and O–H groups in total. The molecule has 0 aliphatic heterocycles. The standard InChI is InChI=1S/C24H23NO2/c1-16-23(2,3)20-12-13-24(16,14-20)22(26)27-21-10-8-19(9-11-21)18-6-4-17(15-25)5-7-18/h4-11,20H,1,12-14H2,2-3H3.